The van der Waals surface area contributed by atoms with Gasteiger partial charge in [-0.05, 0) is 39.2 Å². The Bertz CT molecular complexity index is 332. The molecule has 0 amide bonds. The number of piperidine rings is 1. The molecule has 4 heteroatoms. The Labute approximate surface area is 97.5 Å². The number of rotatable bonds is 3. The van der Waals surface area contributed by atoms with E-state index in [1.165, 1.54) is 19.3 Å². The maximum atomic E-state index is 4.28. The largest absolute Gasteiger partial charge is 0.314 e. The molecule has 1 aromatic rings. The average molecular weight is 222 g/mol. The number of nitrogens with one attached hydrogen (secondary N) is 1. The van der Waals surface area contributed by atoms with Gasteiger partial charge in [-0.25, -0.2) is 0 Å². The van der Waals surface area contributed by atoms with Crippen molar-refractivity contribution in [3.8, 4) is 0 Å². The van der Waals surface area contributed by atoms with Crippen molar-refractivity contribution in [3.05, 3.63) is 12.2 Å². The SMILES string of the molecule is CCC1CCNC(c2nncn2C(C)C)C1. The molecule has 16 heavy (non-hydrogen) atoms. The maximum absolute atomic E-state index is 4.28. The Morgan fingerprint density at radius 2 is 2.38 bits per heavy atom. The Hall–Kier alpha value is -0.900. The maximum Gasteiger partial charge on any atom is 0.150 e. The summed E-state index contributed by atoms with van der Waals surface area (Å²) in [5, 5.41) is 11.9. The van der Waals surface area contributed by atoms with Gasteiger partial charge >= 0.3 is 0 Å². The first kappa shape index (κ1) is 11.6. The second kappa shape index (κ2) is 4.95. The first-order valence-corrected chi connectivity index (χ1v) is 6.35. The van der Waals surface area contributed by atoms with Gasteiger partial charge in [0.05, 0.1) is 6.04 Å². The number of hydrogen-bond acceptors (Lipinski definition) is 3. The van der Waals surface area contributed by atoms with Crippen LogP contribution in [0.1, 0.15) is 57.9 Å². The lowest BCUT2D eigenvalue weighted by molar-refractivity contribution is 0.283. The molecule has 0 aliphatic carbocycles. The number of hydrogen-bond donors (Lipinski definition) is 1. The fraction of sp³-hybridized carbons (Fsp3) is 0.833. The van der Waals surface area contributed by atoms with Crippen LogP contribution in [-0.4, -0.2) is 21.3 Å². The standard InChI is InChI=1S/C12H22N4/c1-4-10-5-6-13-11(7-10)12-15-14-8-16(12)9(2)3/h8-11,13H,4-7H2,1-3H3. The van der Waals surface area contributed by atoms with Crippen LogP contribution in [0.25, 0.3) is 0 Å². The van der Waals surface area contributed by atoms with Crippen molar-refractivity contribution in [2.75, 3.05) is 6.54 Å². The molecule has 1 aliphatic heterocycles. The van der Waals surface area contributed by atoms with Crippen LogP contribution in [0.15, 0.2) is 6.33 Å². The summed E-state index contributed by atoms with van der Waals surface area (Å²) in [5.74, 6) is 1.94. The fourth-order valence-corrected chi connectivity index (χ4v) is 2.46. The molecule has 1 aromatic heterocycles. The molecule has 4 nitrogen and oxygen atoms in total. The van der Waals surface area contributed by atoms with E-state index in [-0.39, 0.29) is 0 Å². The van der Waals surface area contributed by atoms with Crippen LogP contribution in [-0.2, 0) is 0 Å². The van der Waals surface area contributed by atoms with Gasteiger partial charge in [0.25, 0.3) is 0 Å². The molecule has 2 unspecified atom stereocenters. The van der Waals surface area contributed by atoms with Gasteiger partial charge in [0.1, 0.15) is 12.2 Å². The zero-order valence-electron chi connectivity index (χ0n) is 10.5. The molecule has 0 bridgehead atoms. The van der Waals surface area contributed by atoms with Crippen molar-refractivity contribution in [1.29, 1.82) is 0 Å². The number of aromatic nitrogens is 3. The van der Waals surface area contributed by atoms with Crippen LogP contribution >= 0.6 is 0 Å². The number of nitrogens with zero attached hydrogens (tertiary/aromatic N) is 3. The quantitative estimate of drug-likeness (QED) is 0.853. The first-order chi connectivity index (χ1) is 7.72. The van der Waals surface area contributed by atoms with E-state index >= 15 is 0 Å². The first-order valence-electron chi connectivity index (χ1n) is 6.35. The Morgan fingerprint density at radius 3 is 3.06 bits per heavy atom. The van der Waals surface area contributed by atoms with E-state index in [4.69, 9.17) is 0 Å². The van der Waals surface area contributed by atoms with E-state index in [0.717, 1.165) is 18.3 Å². The van der Waals surface area contributed by atoms with Gasteiger partial charge in [-0.2, -0.15) is 0 Å². The minimum Gasteiger partial charge on any atom is -0.314 e. The Kier molecular flexibility index (Phi) is 3.59. The van der Waals surface area contributed by atoms with Gasteiger partial charge in [0.15, 0.2) is 0 Å². The average Bonchev–Trinajstić information content (AvgIpc) is 2.78. The molecule has 0 radical (unpaired) electrons. The highest BCUT2D eigenvalue weighted by atomic mass is 15.3. The van der Waals surface area contributed by atoms with Crippen LogP contribution in [0, 0.1) is 5.92 Å². The van der Waals surface area contributed by atoms with Gasteiger partial charge in [-0.15, -0.1) is 10.2 Å². The van der Waals surface area contributed by atoms with E-state index in [1.54, 1.807) is 0 Å². The monoisotopic (exact) mass is 222 g/mol. The molecule has 1 fully saturated rings. The summed E-state index contributed by atoms with van der Waals surface area (Å²) in [4.78, 5) is 0. The molecule has 2 atom stereocenters. The molecular formula is C12H22N4. The second-order valence-electron chi connectivity index (χ2n) is 5.00. The van der Waals surface area contributed by atoms with Crippen molar-refractivity contribution >= 4 is 0 Å². The molecule has 90 valence electrons. The predicted octanol–water partition coefficient (Wildman–Crippen LogP) is 2.31. The molecule has 0 saturated carbocycles. The summed E-state index contributed by atoms with van der Waals surface area (Å²) in [6.07, 6.45) is 5.61. The third-order valence-corrected chi connectivity index (χ3v) is 3.56. The summed E-state index contributed by atoms with van der Waals surface area (Å²) in [6.45, 7) is 7.73. The van der Waals surface area contributed by atoms with E-state index in [9.17, 15) is 0 Å². The Morgan fingerprint density at radius 1 is 1.56 bits per heavy atom. The van der Waals surface area contributed by atoms with Gasteiger partial charge in [-0.3, -0.25) is 0 Å². The van der Waals surface area contributed by atoms with Gasteiger partial charge in [0.2, 0.25) is 0 Å². The van der Waals surface area contributed by atoms with Gasteiger partial charge in [0, 0.05) is 6.04 Å². The second-order valence-corrected chi connectivity index (χ2v) is 5.00. The van der Waals surface area contributed by atoms with Crippen molar-refractivity contribution in [1.82, 2.24) is 20.1 Å². The summed E-state index contributed by atoms with van der Waals surface area (Å²) < 4.78 is 2.18. The topological polar surface area (TPSA) is 42.7 Å². The Balaban J connectivity index is 2.13. The summed E-state index contributed by atoms with van der Waals surface area (Å²) in [6, 6.07) is 0.831. The zero-order chi connectivity index (χ0) is 11.5. The highest BCUT2D eigenvalue weighted by Gasteiger charge is 2.25. The minimum atomic E-state index is 0.392. The third kappa shape index (κ3) is 2.26. The van der Waals surface area contributed by atoms with Crippen molar-refractivity contribution in [2.45, 2.75) is 52.1 Å². The van der Waals surface area contributed by atoms with Crippen LogP contribution in [0.2, 0.25) is 0 Å². The van der Waals surface area contributed by atoms with E-state index in [2.05, 4.69) is 40.9 Å². The minimum absolute atomic E-state index is 0.392. The van der Waals surface area contributed by atoms with Gasteiger partial charge in [-0.1, -0.05) is 13.3 Å². The van der Waals surface area contributed by atoms with Gasteiger partial charge < -0.3 is 9.88 Å². The fourth-order valence-electron chi connectivity index (χ4n) is 2.46. The normalized spacial score (nSPS) is 26.2. The van der Waals surface area contributed by atoms with E-state index in [1.807, 2.05) is 6.33 Å². The van der Waals surface area contributed by atoms with Crippen LogP contribution in [0.5, 0.6) is 0 Å². The zero-order valence-corrected chi connectivity index (χ0v) is 10.5. The predicted molar refractivity (Wildman–Crippen MR) is 64.2 cm³/mol. The molecular weight excluding hydrogens is 200 g/mol. The molecule has 0 spiro atoms. The van der Waals surface area contributed by atoms with Crippen molar-refractivity contribution in [2.24, 2.45) is 5.92 Å². The van der Waals surface area contributed by atoms with E-state index in [0.29, 0.717) is 12.1 Å². The highest BCUT2D eigenvalue weighted by molar-refractivity contribution is 4.99. The van der Waals surface area contributed by atoms with Crippen LogP contribution in [0.3, 0.4) is 0 Å². The molecule has 0 aromatic carbocycles. The summed E-state index contributed by atoms with van der Waals surface area (Å²) >= 11 is 0. The third-order valence-electron chi connectivity index (χ3n) is 3.56. The lowest BCUT2D eigenvalue weighted by Gasteiger charge is -2.29. The van der Waals surface area contributed by atoms with Crippen molar-refractivity contribution in [3.63, 3.8) is 0 Å². The van der Waals surface area contributed by atoms with E-state index < -0.39 is 0 Å². The molecule has 1 N–H and O–H groups in total. The molecule has 1 saturated heterocycles. The van der Waals surface area contributed by atoms with Crippen LogP contribution < -0.4 is 5.32 Å². The highest BCUT2D eigenvalue weighted by Crippen LogP contribution is 2.28. The lowest BCUT2D eigenvalue weighted by atomic mass is 9.90. The summed E-state index contributed by atoms with van der Waals surface area (Å²) in [5.41, 5.74) is 0. The summed E-state index contributed by atoms with van der Waals surface area (Å²) in [7, 11) is 0. The van der Waals surface area contributed by atoms with Crippen molar-refractivity contribution < 1.29 is 0 Å². The molecule has 1 aliphatic rings. The van der Waals surface area contributed by atoms with Crippen LogP contribution in [0.4, 0.5) is 0 Å². The molecule has 2 heterocycles. The lowest BCUT2D eigenvalue weighted by Crippen LogP contribution is -2.33. The smallest absolute Gasteiger partial charge is 0.150 e. The molecule has 2 rings (SSSR count).